The minimum atomic E-state index is -0.981. The number of nitrogens with zero attached hydrogens (tertiary/aromatic N) is 2. The molecular formula is C26H28N2O5. The predicted octanol–water partition coefficient (Wildman–Crippen LogP) is 4.48. The summed E-state index contributed by atoms with van der Waals surface area (Å²) in [4.78, 5) is 41.5. The summed E-state index contributed by atoms with van der Waals surface area (Å²) in [5, 5.41) is 9.45. The average Bonchev–Trinajstić information content (AvgIpc) is 2.82. The molecule has 0 amide bonds. The number of esters is 1. The molecule has 0 bridgehead atoms. The van der Waals surface area contributed by atoms with Crippen LogP contribution in [0, 0.1) is 6.92 Å². The van der Waals surface area contributed by atoms with E-state index in [9.17, 15) is 19.5 Å². The maximum Gasteiger partial charge on any atom is 0.357 e. The number of carboxylic acid groups (broad SMARTS) is 1. The quantitative estimate of drug-likeness (QED) is 0.485. The molecule has 0 aliphatic heterocycles. The van der Waals surface area contributed by atoms with Crippen LogP contribution < -0.4 is 5.56 Å². The SMILES string of the molecule is CCCCc1nc(C(=O)OCC)c(C)c(=O)n1Cc1ccc(-c2ccccc2C(=O)O)cc1. The largest absolute Gasteiger partial charge is 0.478 e. The normalized spacial score (nSPS) is 10.8. The summed E-state index contributed by atoms with van der Waals surface area (Å²) >= 11 is 0. The number of hydrogen-bond donors (Lipinski definition) is 1. The van der Waals surface area contributed by atoms with Crippen LogP contribution >= 0.6 is 0 Å². The molecule has 1 aromatic heterocycles. The van der Waals surface area contributed by atoms with Gasteiger partial charge in [0.05, 0.1) is 18.7 Å². The molecule has 0 atom stereocenters. The van der Waals surface area contributed by atoms with Gasteiger partial charge < -0.3 is 9.84 Å². The van der Waals surface area contributed by atoms with Crippen LogP contribution in [0.15, 0.2) is 53.3 Å². The Bertz CT molecular complexity index is 1210. The molecule has 3 rings (SSSR count). The Morgan fingerprint density at radius 2 is 1.76 bits per heavy atom. The van der Waals surface area contributed by atoms with Crippen molar-refractivity contribution >= 4 is 11.9 Å². The van der Waals surface area contributed by atoms with E-state index in [4.69, 9.17) is 4.74 Å². The van der Waals surface area contributed by atoms with Gasteiger partial charge in [0, 0.05) is 12.0 Å². The number of aromatic nitrogens is 2. The van der Waals surface area contributed by atoms with E-state index in [1.54, 1.807) is 42.7 Å². The van der Waals surface area contributed by atoms with E-state index in [-0.39, 0.29) is 29.0 Å². The van der Waals surface area contributed by atoms with Gasteiger partial charge in [0.15, 0.2) is 5.69 Å². The van der Waals surface area contributed by atoms with Crippen molar-refractivity contribution in [1.29, 1.82) is 0 Å². The Labute approximate surface area is 192 Å². The molecule has 3 aromatic rings. The minimum absolute atomic E-state index is 0.0739. The lowest BCUT2D eigenvalue weighted by atomic mass is 9.98. The highest BCUT2D eigenvalue weighted by molar-refractivity contribution is 5.96. The zero-order chi connectivity index (χ0) is 24.0. The highest BCUT2D eigenvalue weighted by atomic mass is 16.5. The molecule has 172 valence electrons. The van der Waals surface area contributed by atoms with Gasteiger partial charge in [-0.05, 0) is 43.0 Å². The predicted molar refractivity (Wildman–Crippen MR) is 126 cm³/mol. The van der Waals surface area contributed by atoms with Gasteiger partial charge in [0.25, 0.3) is 5.56 Å². The van der Waals surface area contributed by atoms with Crippen molar-refractivity contribution in [1.82, 2.24) is 9.55 Å². The number of aryl methyl sites for hydroxylation is 1. The molecule has 1 heterocycles. The Kier molecular flexibility index (Phi) is 7.77. The number of hydrogen-bond acceptors (Lipinski definition) is 5. The molecule has 0 radical (unpaired) electrons. The van der Waals surface area contributed by atoms with Crippen molar-refractivity contribution in [3.8, 4) is 11.1 Å². The number of carbonyl (C=O) groups is 2. The number of benzene rings is 2. The first kappa shape index (κ1) is 23.9. The van der Waals surface area contributed by atoms with Crippen LogP contribution in [0.5, 0.6) is 0 Å². The van der Waals surface area contributed by atoms with Crippen LogP contribution in [0.4, 0.5) is 0 Å². The van der Waals surface area contributed by atoms with E-state index in [1.165, 1.54) is 0 Å². The van der Waals surface area contributed by atoms with E-state index < -0.39 is 11.9 Å². The lowest BCUT2D eigenvalue weighted by molar-refractivity contribution is 0.0516. The molecule has 0 saturated carbocycles. The van der Waals surface area contributed by atoms with Crippen molar-refractivity contribution in [2.75, 3.05) is 6.61 Å². The van der Waals surface area contributed by atoms with Crippen molar-refractivity contribution in [3.63, 3.8) is 0 Å². The molecule has 7 nitrogen and oxygen atoms in total. The Morgan fingerprint density at radius 1 is 1.06 bits per heavy atom. The number of aromatic carboxylic acids is 1. The van der Waals surface area contributed by atoms with Crippen LogP contribution in [-0.2, 0) is 17.7 Å². The second-order valence-corrected chi connectivity index (χ2v) is 7.76. The third-order valence-electron chi connectivity index (χ3n) is 5.46. The molecule has 1 N–H and O–H groups in total. The zero-order valence-corrected chi connectivity index (χ0v) is 19.1. The Morgan fingerprint density at radius 3 is 2.39 bits per heavy atom. The molecule has 0 unspecified atom stereocenters. The first-order valence-electron chi connectivity index (χ1n) is 11.1. The van der Waals surface area contributed by atoms with Gasteiger partial charge in [-0.15, -0.1) is 0 Å². The standard InChI is InChI=1S/C26H28N2O5/c1-4-6-11-22-27-23(26(32)33-5-2)17(3)24(29)28(22)16-18-12-14-19(15-13-18)20-9-7-8-10-21(20)25(30)31/h7-10,12-15H,4-6,11,16H2,1-3H3,(H,30,31). The zero-order valence-electron chi connectivity index (χ0n) is 19.1. The second-order valence-electron chi connectivity index (χ2n) is 7.76. The molecule has 0 spiro atoms. The third-order valence-corrected chi connectivity index (χ3v) is 5.46. The third kappa shape index (κ3) is 5.37. The van der Waals surface area contributed by atoms with Crippen LogP contribution in [0.25, 0.3) is 11.1 Å². The van der Waals surface area contributed by atoms with Gasteiger partial charge in [0.1, 0.15) is 5.82 Å². The summed E-state index contributed by atoms with van der Waals surface area (Å²) in [6, 6.07) is 14.3. The molecule has 0 aliphatic rings. The van der Waals surface area contributed by atoms with E-state index in [2.05, 4.69) is 11.9 Å². The highest BCUT2D eigenvalue weighted by Gasteiger charge is 2.20. The summed E-state index contributed by atoms with van der Waals surface area (Å²) in [6.07, 6.45) is 2.33. The Hall–Kier alpha value is -3.74. The van der Waals surface area contributed by atoms with Crippen LogP contribution in [0.1, 0.15) is 64.5 Å². The summed E-state index contributed by atoms with van der Waals surface area (Å²) in [7, 11) is 0. The van der Waals surface area contributed by atoms with E-state index >= 15 is 0 Å². The molecule has 33 heavy (non-hydrogen) atoms. The molecule has 2 aromatic carbocycles. The van der Waals surface area contributed by atoms with Crippen LogP contribution in [0.2, 0.25) is 0 Å². The fraction of sp³-hybridized carbons (Fsp3) is 0.308. The lowest BCUT2D eigenvalue weighted by Crippen LogP contribution is -2.31. The van der Waals surface area contributed by atoms with Crippen molar-refractivity contribution in [3.05, 3.63) is 87.1 Å². The fourth-order valence-electron chi connectivity index (χ4n) is 3.67. The molecule has 0 fully saturated rings. The number of carbonyl (C=O) groups excluding carboxylic acids is 1. The fourth-order valence-corrected chi connectivity index (χ4v) is 3.67. The lowest BCUT2D eigenvalue weighted by Gasteiger charge is -2.16. The van der Waals surface area contributed by atoms with Gasteiger partial charge in [-0.3, -0.25) is 9.36 Å². The number of ether oxygens (including phenoxy) is 1. The van der Waals surface area contributed by atoms with Crippen molar-refractivity contribution in [2.45, 2.75) is 46.6 Å². The highest BCUT2D eigenvalue weighted by Crippen LogP contribution is 2.24. The minimum Gasteiger partial charge on any atom is -0.478 e. The van der Waals surface area contributed by atoms with E-state index in [0.717, 1.165) is 24.0 Å². The smallest absolute Gasteiger partial charge is 0.357 e. The number of carboxylic acids is 1. The average molecular weight is 449 g/mol. The van der Waals surface area contributed by atoms with E-state index in [0.29, 0.717) is 24.4 Å². The van der Waals surface area contributed by atoms with Gasteiger partial charge >= 0.3 is 11.9 Å². The first-order valence-corrected chi connectivity index (χ1v) is 11.1. The molecule has 7 heteroatoms. The van der Waals surface area contributed by atoms with E-state index in [1.807, 2.05) is 24.3 Å². The number of unbranched alkanes of at least 4 members (excludes halogenated alkanes) is 1. The van der Waals surface area contributed by atoms with Gasteiger partial charge in [0.2, 0.25) is 0 Å². The van der Waals surface area contributed by atoms with Gasteiger partial charge in [-0.25, -0.2) is 14.6 Å². The van der Waals surface area contributed by atoms with Gasteiger partial charge in [-0.2, -0.15) is 0 Å². The van der Waals surface area contributed by atoms with Crippen LogP contribution in [-0.4, -0.2) is 33.2 Å². The number of rotatable bonds is 9. The maximum atomic E-state index is 13.1. The molecular weight excluding hydrogens is 420 g/mol. The second kappa shape index (κ2) is 10.7. The maximum absolute atomic E-state index is 13.1. The monoisotopic (exact) mass is 448 g/mol. The molecule has 0 aliphatic carbocycles. The summed E-state index contributed by atoms with van der Waals surface area (Å²) in [5.41, 5.74) is 2.59. The topological polar surface area (TPSA) is 98.5 Å². The summed E-state index contributed by atoms with van der Waals surface area (Å²) < 4.78 is 6.68. The Balaban J connectivity index is 1.97. The van der Waals surface area contributed by atoms with Crippen molar-refractivity contribution < 1.29 is 19.4 Å². The summed E-state index contributed by atoms with van der Waals surface area (Å²) in [5.74, 6) is -1.01. The first-order chi connectivity index (χ1) is 15.9. The van der Waals surface area contributed by atoms with Gasteiger partial charge in [-0.1, -0.05) is 55.8 Å². The summed E-state index contributed by atoms with van der Waals surface area (Å²) in [6.45, 7) is 5.87. The van der Waals surface area contributed by atoms with Crippen LogP contribution in [0.3, 0.4) is 0 Å². The molecule has 0 saturated heterocycles. The van der Waals surface area contributed by atoms with Crippen molar-refractivity contribution in [2.24, 2.45) is 0 Å².